The highest BCUT2D eigenvalue weighted by Gasteiger charge is 2.40. The van der Waals surface area contributed by atoms with Gasteiger partial charge in [0.2, 0.25) is 0 Å². The summed E-state index contributed by atoms with van der Waals surface area (Å²) in [7, 11) is 0. The summed E-state index contributed by atoms with van der Waals surface area (Å²) in [5.74, 6) is -1.17. The molecule has 0 aromatic heterocycles. The monoisotopic (exact) mass is 357 g/mol. The number of carbonyl (C=O) groups excluding carboxylic acids is 1. The van der Waals surface area contributed by atoms with Crippen molar-refractivity contribution in [2.45, 2.75) is 37.8 Å². The van der Waals surface area contributed by atoms with E-state index in [0.717, 1.165) is 12.0 Å². The van der Waals surface area contributed by atoms with Gasteiger partial charge in [-0.05, 0) is 49.1 Å². The van der Waals surface area contributed by atoms with Gasteiger partial charge in [-0.25, -0.2) is 4.39 Å². The lowest BCUT2D eigenvalue weighted by Gasteiger charge is -2.41. The van der Waals surface area contributed by atoms with Crippen LogP contribution in [0.3, 0.4) is 0 Å². The molecule has 5 nitrogen and oxygen atoms in total. The number of halogens is 1. The number of hydrogen-bond acceptors (Lipinski definition) is 3. The van der Waals surface area contributed by atoms with Crippen LogP contribution in [-0.4, -0.2) is 22.5 Å². The molecule has 2 N–H and O–H groups in total. The van der Waals surface area contributed by atoms with Crippen LogP contribution in [0.1, 0.15) is 41.6 Å². The molecule has 0 aliphatic heterocycles. The number of amides is 1. The van der Waals surface area contributed by atoms with Crippen molar-refractivity contribution < 1.29 is 23.8 Å². The summed E-state index contributed by atoms with van der Waals surface area (Å²) in [5.41, 5.74) is 0.571. The van der Waals surface area contributed by atoms with E-state index in [-0.39, 0.29) is 24.8 Å². The van der Waals surface area contributed by atoms with Crippen molar-refractivity contribution in [3.8, 4) is 5.75 Å². The summed E-state index contributed by atoms with van der Waals surface area (Å²) in [6.07, 6.45) is 2.19. The van der Waals surface area contributed by atoms with Gasteiger partial charge in [0.15, 0.2) is 0 Å². The molecule has 1 aliphatic rings. The first-order chi connectivity index (χ1) is 12.5. The quantitative estimate of drug-likeness (QED) is 0.795. The number of hydrogen-bond donors (Lipinski definition) is 2. The lowest BCUT2D eigenvalue weighted by atomic mass is 9.74. The largest absolute Gasteiger partial charge is 0.489 e. The Labute approximate surface area is 150 Å². The highest BCUT2D eigenvalue weighted by atomic mass is 19.1. The number of nitrogens with one attached hydrogen (secondary N) is 1. The Morgan fingerprint density at radius 3 is 2.58 bits per heavy atom. The lowest BCUT2D eigenvalue weighted by molar-refractivity contribution is -0.139. The van der Waals surface area contributed by atoms with Gasteiger partial charge in [0.1, 0.15) is 18.2 Å². The number of carboxylic acids is 1. The molecule has 26 heavy (non-hydrogen) atoms. The van der Waals surface area contributed by atoms with Gasteiger partial charge < -0.3 is 15.2 Å². The molecular formula is C20H20FNO4. The molecule has 1 fully saturated rings. The van der Waals surface area contributed by atoms with Gasteiger partial charge in [-0.1, -0.05) is 18.2 Å². The topological polar surface area (TPSA) is 75.6 Å². The number of benzene rings is 2. The molecule has 0 atom stereocenters. The van der Waals surface area contributed by atoms with Crippen LogP contribution in [0.4, 0.5) is 4.39 Å². The third kappa shape index (κ3) is 4.39. The number of aliphatic carboxylic acids is 1. The van der Waals surface area contributed by atoms with Crippen molar-refractivity contribution in [1.82, 2.24) is 5.32 Å². The van der Waals surface area contributed by atoms with Crippen LogP contribution in [0.2, 0.25) is 0 Å². The zero-order chi connectivity index (χ0) is 18.6. The fourth-order valence-electron chi connectivity index (χ4n) is 3.08. The smallest absolute Gasteiger partial charge is 0.305 e. The SMILES string of the molecule is O=C(O)CC1(NC(=O)c2cccc(COc3cccc(F)c3)c2)CCC1. The molecule has 136 valence electrons. The third-order valence-electron chi connectivity index (χ3n) is 4.57. The molecule has 1 amide bonds. The van der Waals surface area contributed by atoms with Gasteiger partial charge in [0.25, 0.3) is 5.91 Å². The maximum Gasteiger partial charge on any atom is 0.305 e. The predicted octanol–water partition coefficient (Wildman–Crippen LogP) is 3.53. The average Bonchev–Trinajstić information content (AvgIpc) is 2.58. The first-order valence-corrected chi connectivity index (χ1v) is 8.47. The molecule has 2 aromatic rings. The van der Waals surface area contributed by atoms with Crippen molar-refractivity contribution in [3.63, 3.8) is 0 Å². The lowest BCUT2D eigenvalue weighted by Crippen LogP contribution is -2.54. The standard InChI is InChI=1S/C20H20FNO4/c21-16-6-2-7-17(11-16)26-13-14-4-1-5-15(10-14)19(25)22-20(8-3-9-20)12-18(23)24/h1-2,4-7,10-11H,3,8-9,12-13H2,(H,22,25)(H,23,24). The van der Waals surface area contributed by atoms with Crippen LogP contribution in [0, 0.1) is 5.82 Å². The van der Waals surface area contributed by atoms with E-state index in [1.807, 2.05) is 6.07 Å². The van der Waals surface area contributed by atoms with Gasteiger partial charge in [-0.2, -0.15) is 0 Å². The molecule has 0 spiro atoms. The highest BCUT2D eigenvalue weighted by molar-refractivity contribution is 5.95. The highest BCUT2D eigenvalue weighted by Crippen LogP contribution is 2.35. The van der Waals surface area contributed by atoms with E-state index >= 15 is 0 Å². The van der Waals surface area contributed by atoms with Crippen molar-refractivity contribution in [2.75, 3.05) is 0 Å². The molecule has 0 bridgehead atoms. The Hall–Kier alpha value is -2.89. The van der Waals surface area contributed by atoms with E-state index < -0.39 is 11.5 Å². The van der Waals surface area contributed by atoms with E-state index in [0.29, 0.717) is 24.2 Å². The van der Waals surface area contributed by atoms with Crippen LogP contribution in [-0.2, 0) is 11.4 Å². The van der Waals surface area contributed by atoms with Gasteiger partial charge in [0.05, 0.1) is 12.0 Å². The number of carbonyl (C=O) groups is 2. The number of carboxylic acid groups (broad SMARTS) is 1. The van der Waals surface area contributed by atoms with Crippen molar-refractivity contribution in [1.29, 1.82) is 0 Å². The molecule has 0 unspecified atom stereocenters. The van der Waals surface area contributed by atoms with Gasteiger partial charge >= 0.3 is 5.97 Å². The normalized spacial score (nSPS) is 15.0. The van der Waals surface area contributed by atoms with E-state index in [4.69, 9.17) is 9.84 Å². The van der Waals surface area contributed by atoms with Gasteiger partial charge in [0, 0.05) is 11.6 Å². The summed E-state index contributed by atoms with van der Waals surface area (Å²) >= 11 is 0. The van der Waals surface area contributed by atoms with Crippen molar-refractivity contribution >= 4 is 11.9 Å². The maximum absolute atomic E-state index is 13.2. The van der Waals surface area contributed by atoms with Crippen LogP contribution in [0.15, 0.2) is 48.5 Å². The summed E-state index contributed by atoms with van der Waals surface area (Å²) in [6, 6.07) is 12.8. The zero-order valence-electron chi connectivity index (χ0n) is 14.2. The minimum atomic E-state index is -0.915. The van der Waals surface area contributed by atoms with E-state index in [2.05, 4.69) is 5.32 Å². The Balaban J connectivity index is 1.64. The number of ether oxygens (including phenoxy) is 1. The van der Waals surface area contributed by atoms with Gasteiger partial charge in [-0.15, -0.1) is 0 Å². The first-order valence-electron chi connectivity index (χ1n) is 8.47. The fourth-order valence-corrected chi connectivity index (χ4v) is 3.08. The minimum absolute atomic E-state index is 0.0683. The fraction of sp³-hybridized carbons (Fsp3) is 0.300. The Kier molecular flexibility index (Phi) is 5.21. The molecule has 0 heterocycles. The molecule has 1 aliphatic carbocycles. The molecule has 0 radical (unpaired) electrons. The first kappa shape index (κ1) is 17.9. The zero-order valence-corrected chi connectivity index (χ0v) is 14.2. The molecular weight excluding hydrogens is 337 g/mol. The molecule has 3 rings (SSSR count). The predicted molar refractivity (Wildman–Crippen MR) is 93.5 cm³/mol. The summed E-state index contributed by atoms with van der Waals surface area (Å²) in [6.45, 7) is 0.199. The summed E-state index contributed by atoms with van der Waals surface area (Å²) in [5, 5.41) is 11.9. The summed E-state index contributed by atoms with van der Waals surface area (Å²) in [4.78, 5) is 23.5. The molecule has 2 aromatic carbocycles. The van der Waals surface area contributed by atoms with Crippen LogP contribution in [0.25, 0.3) is 0 Å². The average molecular weight is 357 g/mol. The van der Waals surface area contributed by atoms with Crippen LogP contribution >= 0.6 is 0 Å². The third-order valence-corrected chi connectivity index (χ3v) is 4.57. The van der Waals surface area contributed by atoms with Gasteiger partial charge in [-0.3, -0.25) is 9.59 Å². The molecule has 1 saturated carbocycles. The second kappa shape index (κ2) is 7.56. The Morgan fingerprint density at radius 2 is 1.92 bits per heavy atom. The Morgan fingerprint density at radius 1 is 1.15 bits per heavy atom. The van der Waals surface area contributed by atoms with Crippen LogP contribution in [0.5, 0.6) is 5.75 Å². The minimum Gasteiger partial charge on any atom is -0.489 e. The summed E-state index contributed by atoms with van der Waals surface area (Å²) < 4.78 is 18.7. The van der Waals surface area contributed by atoms with Crippen LogP contribution < -0.4 is 10.1 Å². The molecule has 0 saturated heterocycles. The van der Waals surface area contributed by atoms with Crippen molar-refractivity contribution in [3.05, 3.63) is 65.5 Å². The second-order valence-electron chi connectivity index (χ2n) is 6.60. The van der Waals surface area contributed by atoms with E-state index in [1.54, 1.807) is 30.3 Å². The van der Waals surface area contributed by atoms with E-state index in [1.165, 1.54) is 12.1 Å². The van der Waals surface area contributed by atoms with Crippen molar-refractivity contribution in [2.24, 2.45) is 0 Å². The second-order valence-corrected chi connectivity index (χ2v) is 6.60. The Bertz CT molecular complexity index is 817. The number of rotatable bonds is 7. The maximum atomic E-state index is 13.2. The van der Waals surface area contributed by atoms with E-state index in [9.17, 15) is 14.0 Å². The molecule has 6 heteroatoms.